The number of aryl methyl sites for hydroxylation is 2. The van der Waals surface area contributed by atoms with Crippen molar-refractivity contribution in [2.45, 2.75) is 26.7 Å². The summed E-state index contributed by atoms with van der Waals surface area (Å²) in [5.41, 5.74) is 4.29. The molecule has 1 aromatic heterocycles. The lowest BCUT2D eigenvalue weighted by Gasteiger charge is -2.06. The molecule has 0 unspecified atom stereocenters. The highest BCUT2D eigenvalue weighted by molar-refractivity contribution is 5.90. The second kappa shape index (κ2) is 7.08. The summed E-state index contributed by atoms with van der Waals surface area (Å²) in [4.78, 5) is 12.2. The minimum atomic E-state index is -0.168. The van der Waals surface area contributed by atoms with E-state index in [1.165, 1.54) is 0 Å². The highest BCUT2D eigenvalue weighted by Crippen LogP contribution is 2.14. The minimum Gasteiger partial charge on any atom is -0.407 e. The highest BCUT2D eigenvalue weighted by atomic mass is 16.4. The number of nitrogens with one attached hydrogen (secondary N) is 1. The summed E-state index contributed by atoms with van der Waals surface area (Å²) < 4.78 is 5.50. The van der Waals surface area contributed by atoms with E-state index in [4.69, 9.17) is 4.42 Å². The van der Waals surface area contributed by atoms with E-state index in [1.807, 2.05) is 62.4 Å². The van der Waals surface area contributed by atoms with Crippen LogP contribution in [0, 0.1) is 13.8 Å². The van der Waals surface area contributed by atoms with Gasteiger partial charge in [-0.3, -0.25) is 10.1 Å². The molecular weight excluding hydrogens is 302 g/mol. The molecule has 0 fully saturated rings. The van der Waals surface area contributed by atoms with Crippen LogP contribution in [0.15, 0.2) is 52.9 Å². The largest absolute Gasteiger partial charge is 0.407 e. The fourth-order valence-corrected chi connectivity index (χ4v) is 2.47. The van der Waals surface area contributed by atoms with Crippen molar-refractivity contribution in [1.29, 1.82) is 0 Å². The first-order valence-electron chi connectivity index (χ1n) is 7.82. The van der Waals surface area contributed by atoms with Crippen LogP contribution in [0.5, 0.6) is 0 Å². The van der Waals surface area contributed by atoms with E-state index in [9.17, 15) is 4.79 Å². The molecule has 0 bridgehead atoms. The van der Waals surface area contributed by atoms with Gasteiger partial charge in [-0.25, -0.2) is 0 Å². The summed E-state index contributed by atoms with van der Waals surface area (Å²) in [7, 11) is 0. The topological polar surface area (TPSA) is 68.0 Å². The molecule has 0 atom stereocenters. The van der Waals surface area contributed by atoms with Gasteiger partial charge in [0.1, 0.15) is 0 Å². The zero-order chi connectivity index (χ0) is 16.9. The minimum absolute atomic E-state index is 0.135. The average molecular weight is 321 g/mol. The van der Waals surface area contributed by atoms with Crippen molar-refractivity contribution in [1.82, 2.24) is 10.2 Å². The molecule has 1 amide bonds. The van der Waals surface area contributed by atoms with Crippen LogP contribution in [-0.2, 0) is 17.6 Å². The van der Waals surface area contributed by atoms with E-state index in [2.05, 4.69) is 15.5 Å². The van der Waals surface area contributed by atoms with Crippen molar-refractivity contribution in [3.63, 3.8) is 0 Å². The van der Waals surface area contributed by atoms with Gasteiger partial charge in [0, 0.05) is 0 Å². The Morgan fingerprint density at radius 3 is 2.67 bits per heavy atom. The zero-order valence-electron chi connectivity index (χ0n) is 13.7. The number of benzene rings is 2. The van der Waals surface area contributed by atoms with E-state index in [0.29, 0.717) is 12.3 Å². The molecule has 0 aliphatic carbocycles. The van der Waals surface area contributed by atoms with Crippen LogP contribution >= 0.6 is 0 Å². The third-order valence-corrected chi connectivity index (χ3v) is 3.77. The smallest absolute Gasteiger partial charge is 0.322 e. The standard InChI is InChI=1S/C19H19N3O2/c1-13-8-9-14(2)16(10-13)12-17(23)20-19-22-21-18(24-19)11-15-6-4-3-5-7-15/h3-10H,11-12H2,1-2H3,(H,20,22,23). The average Bonchev–Trinajstić information content (AvgIpc) is 2.98. The van der Waals surface area contributed by atoms with Crippen LogP contribution in [0.1, 0.15) is 28.1 Å². The molecular formula is C19H19N3O2. The fraction of sp³-hybridized carbons (Fsp3) is 0.211. The molecule has 0 saturated heterocycles. The lowest BCUT2D eigenvalue weighted by atomic mass is 10.0. The van der Waals surface area contributed by atoms with Crippen LogP contribution < -0.4 is 5.32 Å². The van der Waals surface area contributed by atoms with Gasteiger partial charge in [0.05, 0.1) is 12.8 Å². The van der Waals surface area contributed by atoms with Gasteiger partial charge in [-0.05, 0) is 30.5 Å². The van der Waals surface area contributed by atoms with Crippen LogP contribution in [-0.4, -0.2) is 16.1 Å². The van der Waals surface area contributed by atoms with Crippen molar-refractivity contribution in [2.24, 2.45) is 0 Å². The first kappa shape index (κ1) is 15.9. The van der Waals surface area contributed by atoms with Gasteiger partial charge < -0.3 is 4.42 Å². The number of rotatable bonds is 5. The second-order valence-corrected chi connectivity index (χ2v) is 5.82. The van der Waals surface area contributed by atoms with Gasteiger partial charge in [0.25, 0.3) is 0 Å². The molecule has 1 heterocycles. The number of carbonyl (C=O) groups excluding carboxylic acids is 1. The fourth-order valence-electron chi connectivity index (χ4n) is 2.47. The molecule has 5 heteroatoms. The Hall–Kier alpha value is -2.95. The van der Waals surface area contributed by atoms with Gasteiger partial charge in [0.15, 0.2) is 0 Å². The summed E-state index contributed by atoms with van der Waals surface area (Å²) >= 11 is 0. The predicted octanol–water partition coefficient (Wildman–Crippen LogP) is 3.46. The SMILES string of the molecule is Cc1ccc(C)c(CC(=O)Nc2nnc(Cc3ccccc3)o2)c1. The van der Waals surface area contributed by atoms with E-state index in [1.54, 1.807) is 0 Å². The summed E-state index contributed by atoms with van der Waals surface area (Å²) in [6.45, 7) is 4.00. The number of carbonyl (C=O) groups is 1. The Balaban J connectivity index is 1.62. The maximum atomic E-state index is 12.2. The number of aromatic nitrogens is 2. The predicted molar refractivity (Wildman–Crippen MR) is 91.8 cm³/mol. The number of anilines is 1. The number of amides is 1. The van der Waals surface area contributed by atoms with E-state index < -0.39 is 0 Å². The van der Waals surface area contributed by atoms with Crippen molar-refractivity contribution in [2.75, 3.05) is 5.32 Å². The summed E-state index contributed by atoms with van der Waals surface area (Å²) in [6, 6.07) is 16.0. The third kappa shape index (κ3) is 4.07. The molecule has 2 aromatic carbocycles. The lowest BCUT2D eigenvalue weighted by molar-refractivity contribution is -0.115. The number of hydrogen-bond donors (Lipinski definition) is 1. The Kier molecular flexibility index (Phi) is 4.70. The van der Waals surface area contributed by atoms with Gasteiger partial charge in [-0.15, -0.1) is 5.10 Å². The first-order chi connectivity index (χ1) is 11.6. The van der Waals surface area contributed by atoms with Crippen LogP contribution in [0.25, 0.3) is 0 Å². The molecule has 3 aromatic rings. The highest BCUT2D eigenvalue weighted by Gasteiger charge is 2.12. The molecule has 5 nitrogen and oxygen atoms in total. The van der Waals surface area contributed by atoms with Crippen LogP contribution in [0.2, 0.25) is 0 Å². The molecule has 1 N–H and O–H groups in total. The summed E-state index contributed by atoms with van der Waals surface area (Å²) in [5, 5.41) is 10.5. The van der Waals surface area contributed by atoms with Gasteiger partial charge >= 0.3 is 6.01 Å². The van der Waals surface area contributed by atoms with Crippen molar-refractivity contribution in [3.8, 4) is 0 Å². The molecule has 24 heavy (non-hydrogen) atoms. The van der Waals surface area contributed by atoms with E-state index in [0.717, 1.165) is 22.3 Å². The normalized spacial score (nSPS) is 10.6. The van der Waals surface area contributed by atoms with Crippen molar-refractivity contribution in [3.05, 3.63) is 76.7 Å². The third-order valence-electron chi connectivity index (χ3n) is 3.77. The Morgan fingerprint density at radius 1 is 1.08 bits per heavy atom. The molecule has 3 rings (SSSR count). The molecule has 0 radical (unpaired) electrons. The quantitative estimate of drug-likeness (QED) is 0.781. The van der Waals surface area contributed by atoms with E-state index >= 15 is 0 Å². The number of hydrogen-bond acceptors (Lipinski definition) is 4. The molecule has 122 valence electrons. The van der Waals surface area contributed by atoms with Crippen LogP contribution in [0.3, 0.4) is 0 Å². The summed E-state index contributed by atoms with van der Waals surface area (Å²) in [5.74, 6) is 0.307. The van der Waals surface area contributed by atoms with Crippen molar-refractivity contribution < 1.29 is 9.21 Å². The van der Waals surface area contributed by atoms with Crippen LogP contribution in [0.4, 0.5) is 6.01 Å². The molecule has 0 aliphatic rings. The van der Waals surface area contributed by atoms with Gasteiger partial charge in [-0.1, -0.05) is 59.2 Å². The molecule has 0 spiro atoms. The zero-order valence-corrected chi connectivity index (χ0v) is 13.7. The summed E-state index contributed by atoms with van der Waals surface area (Å²) in [6.07, 6.45) is 0.824. The first-order valence-corrected chi connectivity index (χ1v) is 7.82. The Labute approximate surface area is 140 Å². The lowest BCUT2D eigenvalue weighted by Crippen LogP contribution is -2.15. The maximum Gasteiger partial charge on any atom is 0.322 e. The Bertz CT molecular complexity index is 841. The van der Waals surface area contributed by atoms with Gasteiger partial charge in [0.2, 0.25) is 11.8 Å². The molecule has 0 saturated carbocycles. The van der Waals surface area contributed by atoms with Crippen molar-refractivity contribution >= 4 is 11.9 Å². The maximum absolute atomic E-state index is 12.2. The van der Waals surface area contributed by atoms with E-state index in [-0.39, 0.29) is 18.3 Å². The molecule has 0 aliphatic heterocycles. The second-order valence-electron chi connectivity index (χ2n) is 5.82. The Morgan fingerprint density at radius 2 is 1.88 bits per heavy atom. The number of nitrogens with zero attached hydrogens (tertiary/aromatic N) is 2. The van der Waals surface area contributed by atoms with Gasteiger partial charge in [-0.2, -0.15) is 0 Å². The monoisotopic (exact) mass is 321 g/mol.